The quantitative estimate of drug-likeness (QED) is 0.260. The normalized spacial score (nSPS) is 19.5. The Morgan fingerprint density at radius 3 is 2.55 bits per heavy atom. The van der Waals surface area contributed by atoms with Crippen LogP contribution in [0.1, 0.15) is 38.8 Å². The molecule has 3 N–H and O–H groups in total. The molecule has 0 radical (unpaired) electrons. The van der Waals surface area contributed by atoms with Crippen molar-refractivity contribution in [2.75, 3.05) is 16.8 Å². The maximum atomic E-state index is 14.2. The number of carbonyl (C=O) groups excluding carboxylic acids is 2. The summed E-state index contributed by atoms with van der Waals surface area (Å²) in [5, 5.41) is 16.0. The molecule has 2 aliphatic rings. The number of alkyl halides is 3. The summed E-state index contributed by atoms with van der Waals surface area (Å²) in [6, 6.07) is 6.76. The fraction of sp³-hybridized carbons (Fsp3) is 0.179. The lowest BCUT2D eigenvalue weighted by atomic mass is 9.95. The van der Waals surface area contributed by atoms with Gasteiger partial charge in [0.15, 0.2) is 0 Å². The largest absolute Gasteiger partial charge is 0.423 e. The van der Waals surface area contributed by atoms with Gasteiger partial charge in [-0.1, -0.05) is 11.6 Å². The number of benzene rings is 3. The Morgan fingerprint density at radius 1 is 1.14 bits per heavy atom. The van der Waals surface area contributed by atoms with Gasteiger partial charge in [-0.25, -0.2) is 18.6 Å². The molecule has 1 aromatic heterocycles. The van der Waals surface area contributed by atoms with Crippen LogP contribution < -0.4 is 15.5 Å². The fourth-order valence-corrected chi connectivity index (χ4v) is 5.51. The Balaban J connectivity index is 1.47. The zero-order chi connectivity index (χ0) is 30.1. The maximum absolute atomic E-state index is 14.2. The smallest absolute Gasteiger partial charge is 0.375 e. The first-order valence-electron chi connectivity index (χ1n) is 12.4. The highest BCUT2D eigenvalue weighted by Gasteiger charge is 2.61. The second-order valence-corrected chi connectivity index (χ2v) is 10.4. The summed E-state index contributed by atoms with van der Waals surface area (Å²) >= 11 is 6.33. The van der Waals surface area contributed by atoms with Crippen molar-refractivity contribution < 1.29 is 36.6 Å². The van der Waals surface area contributed by atoms with Crippen molar-refractivity contribution >= 4 is 34.9 Å². The Labute approximate surface area is 239 Å². The van der Waals surface area contributed by atoms with E-state index >= 15 is 0 Å². The van der Waals surface area contributed by atoms with Gasteiger partial charge in [0.1, 0.15) is 11.6 Å². The van der Waals surface area contributed by atoms with E-state index in [4.69, 9.17) is 11.6 Å². The summed E-state index contributed by atoms with van der Waals surface area (Å²) in [6.07, 6.45) is -2.12. The summed E-state index contributed by atoms with van der Waals surface area (Å²) in [4.78, 5) is 31.5. The molecule has 3 heterocycles. The van der Waals surface area contributed by atoms with Gasteiger partial charge in [0.2, 0.25) is 5.60 Å². The molecule has 4 aromatic rings. The molecular formula is C28H19ClF5N5O3. The SMILES string of the molecule is Cc1cn(-c2cc(NC(=O)N3C[C@@](O)(C(F)(F)F)c4cc(F)ccc43)c3c(c2)C(=O)N[C@H]3c2cc(F)ccc2Cl)cn1. The molecule has 0 aliphatic carbocycles. The number of nitrogens with one attached hydrogen (secondary N) is 2. The molecule has 0 saturated heterocycles. The van der Waals surface area contributed by atoms with Gasteiger partial charge in [0, 0.05) is 39.2 Å². The van der Waals surface area contributed by atoms with E-state index in [9.17, 15) is 36.6 Å². The summed E-state index contributed by atoms with van der Waals surface area (Å²) < 4.78 is 71.6. The standard InChI is InChI=1S/C28H19ClF5N5O3/c1-13-10-38(12-35-13)16-8-18-23(24(37-25(18)40)17-6-14(30)2-4-20(17)29)21(9-16)36-26(41)39-11-27(42,28(32,33)34)19-7-15(31)3-5-22(19)39/h2-10,12,24,42H,11H2,1H3,(H,36,41)(H,37,40)/t24-,27-/m0/s1. The summed E-state index contributed by atoms with van der Waals surface area (Å²) in [6.45, 7) is 0.483. The van der Waals surface area contributed by atoms with Crippen molar-refractivity contribution in [3.8, 4) is 5.69 Å². The van der Waals surface area contributed by atoms with Gasteiger partial charge >= 0.3 is 12.2 Å². The van der Waals surface area contributed by atoms with Crippen molar-refractivity contribution in [2.24, 2.45) is 0 Å². The van der Waals surface area contributed by atoms with Gasteiger partial charge in [-0.05, 0) is 55.5 Å². The van der Waals surface area contributed by atoms with E-state index in [1.807, 2.05) is 0 Å². The number of hydrogen-bond acceptors (Lipinski definition) is 4. The number of carbonyl (C=O) groups is 2. The Morgan fingerprint density at radius 2 is 1.86 bits per heavy atom. The Bertz CT molecular complexity index is 1790. The van der Waals surface area contributed by atoms with E-state index in [-0.39, 0.29) is 33.1 Å². The topological polar surface area (TPSA) is 99.5 Å². The number of aromatic nitrogens is 2. The van der Waals surface area contributed by atoms with Crippen LogP contribution in [0.3, 0.4) is 0 Å². The van der Waals surface area contributed by atoms with Crippen LogP contribution in [0.5, 0.6) is 0 Å². The zero-order valence-corrected chi connectivity index (χ0v) is 22.2. The number of fused-ring (bicyclic) bond motifs is 2. The number of rotatable bonds is 3. The molecule has 0 spiro atoms. The summed E-state index contributed by atoms with van der Waals surface area (Å²) in [7, 11) is 0. The molecule has 0 bridgehead atoms. The highest BCUT2D eigenvalue weighted by Crippen LogP contribution is 2.49. The van der Waals surface area contributed by atoms with Gasteiger partial charge in [-0.15, -0.1) is 0 Å². The first-order valence-corrected chi connectivity index (χ1v) is 12.8. The Hall–Kier alpha value is -4.49. The minimum atomic E-state index is -5.24. The third-order valence-electron chi connectivity index (χ3n) is 7.29. The van der Waals surface area contributed by atoms with E-state index in [0.717, 1.165) is 24.3 Å². The van der Waals surface area contributed by atoms with E-state index in [1.165, 1.54) is 24.5 Å². The lowest BCUT2D eigenvalue weighted by Gasteiger charge is -2.27. The molecule has 216 valence electrons. The summed E-state index contributed by atoms with van der Waals surface area (Å²) in [5.74, 6) is -2.24. The number of amides is 3. The minimum Gasteiger partial charge on any atom is -0.375 e. The van der Waals surface area contributed by atoms with Crippen molar-refractivity contribution in [3.05, 3.63) is 106 Å². The predicted molar refractivity (Wildman–Crippen MR) is 142 cm³/mol. The number of aryl methyl sites for hydroxylation is 1. The molecule has 2 atom stereocenters. The van der Waals surface area contributed by atoms with Crippen LogP contribution in [-0.2, 0) is 5.60 Å². The second kappa shape index (κ2) is 9.53. The van der Waals surface area contributed by atoms with Gasteiger partial charge in [0.05, 0.1) is 36.0 Å². The molecule has 3 aromatic carbocycles. The van der Waals surface area contributed by atoms with E-state index in [1.54, 1.807) is 17.7 Å². The number of halogens is 6. The molecule has 0 saturated carbocycles. The molecule has 3 amide bonds. The van der Waals surface area contributed by atoms with Gasteiger partial charge in [-0.2, -0.15) is 13.2 Å². The number of anilines is 2. The summed E-state index contributed by atoms with van der Waals surface area (Å²) in [5.41, 5.74) is -3.24. The van der Waals surface area contributed by atoms with Gasteiger partial charge in [0.25, 0.3) is 5.91 Å². The highest BCUT2D eigenvalue weighted by molar-refractivity contribution is 6.31. The molecule has 8 nitrogen and oxygen atoms in total. The first kappa shape index (κ1) is 27.7. The molecule has 2 aliphatic heterocycles. The van der Waals surface area contributed by atoms with Gasteiger partial charge < -0.3 is 20.3 Å². The van der Waals surface area contributed by atoms with E-state index in [2.05, 4.69) is 15.6 Å². The number of hydrogen-bond donors (Lipinski definition) is 3. The van der Waals surface area contributed by atoms with Crippen LogP contribution in [0.4, 0.5) is 38.1 Å². The average molecular weight is 604 g/mol. The van der Waals surface area contributed by atoms with Crippen LogP contribution in [0.25, 0.3) is 5.69 Å². The number of nitrogens with zero attached hydrogens (tertiary/aromatic N) is 3. The lowest BCUT2D eigenvalue weighted by Crippen LogP contribution is -2.48. The fourth-order valence-electron chi connectivity index (χ4n) is 5.28. The lowest BCUT2D eigenvalue weighted by molar-refractivity contribution is -0.258. The van der Waals surface area contributed by atoms with Crippen LogP contribution in [0.2, 0.25) is 5.02 Å². The third-order valence-corrected chi connectivity index (χ3v) is 7.63. The monoisotopic (exact) mass is 603 g/mol. The maximum Gasteiger partial charge on any atom is 0.423 e. The average Bonchev–Trinajstić information content (AvgIpc) is 3.59. The third kappa shape index (κ3) is 4.36. The molecular weight excluding hydrogens is 585 g/mol. The number of imidazole rings is 1. The first-order chi connectivity index (χ1) is 19.8. The molecule has 0 unspecified atom stereocenters. The van der Waals surface area contributed by atoms with Crippen molar-refractivity contribution in [1.29, 1.82) is 0 Å². The predicted octanol–water partition coefficient (Wildman–Crippen LogP) is 5.75. The van der Waals surface area contributed by atoms with Crippen molar-refractivity contribution in [2.45, 2.75) is 24.7 Å². The van der Waals surface area contributed by atoms with Crippen LogP contribution in [0.15, 0.2) is 61.1 Å². The molecule has 42 heavy (non-hydrogen) atoms. The Kier molecular flexibility index (Phi) is 6.28. The molecule has 6 rings (SSSR count). The molecule has 0 fully saturated rings. The van der Waals surface area contributed by atoms with E-state index in [0.29, 0.717) is 22.3 Å². The highest BCUT2D eigenvalue weighted by atomic mass is 35.5. The van der Waals surface area contributed by atoms with E-state index < -0.39 is 53.5 Å². The second-order valence-electron chi connectivity index (χ2n) is 9.98. The van der Waals surface area contributed by atoms with Crippen LogP contribution in [-0.4, -0.2) is 39.3 Å². The number of urea groups is 1. The van der Waals surface area contributed by atoms with Crippen LogP contribution >= 0.6 is 11.6 Å². The zero-order valence-electron chi connectivity index (χ0n) is 21.4. The number of aliphatic hydroxyl groups is 1. The molecule has 14 heteroatoms. The van der Waals surface area contributed by atoms with Crippen LogP contribution in [0, 0.1) is 18.6 Å². The van der Waals surface area contributed by atoms with Crippen molar-refractivity contribution in [1.82, 2.24) is 14.9 Å². The van der Waals surface area contributed by atoms with Crippen molar-refractivity contribution in [3.63, 3.8) is 0 Å². The minimum absolute atomic E-state index is 0.00589. The van der Waals surface area contributed by atoms with Gasteiger partial charge in [-0.3, -0.25) is 9.69 Å². The number of β-amino-alcohol motifs (C(OH)–C–C–N with tert-alkyl or cyclic N) is 1.